The van der Waals surface area contributed by atoms with Crippen molar-refractivity contribution in [2.24, 2.45) is 22.3 Å². The van der Waals surface area contributed by atoms with Gasteiger partial charge in [-0.3, -0.25) is 14.4 Å². The van der Waals surface area contributed by atoms with Crippen LogP contribution in [-0.4, -0.2) is 35.0 Å². The average Bonchev–Trinajstić information content (AvgIpc) is 2.26. The smallest absolute Gasteiger partial charge is 0.308 e. The molecule has 0 aliphatic heterocycles. The van der Waals surface area contributed by atoms with E-state index in [2.05, 4.69) is 11.1 Å². The van der Waals surface area contributed by atoms with Gasteiger partial charge in [0.25, 0.3) is 0 Å². The van der Waals surface area contributed by atoms with E-state index in [1.54, 1.807) is 27.7 Å². The number of carbonyl (C=O) groups excluding carboxylic acids is 2. The third kappa shape index (κ3) is 20.4. The van der Waals surface area contributed by atoms with E-state index in [0.717, 1.165) is 0 Å². The van der Waals surface area contributed by atoms with Crippen LogP contribution < -0.4 is 16.8 Å². The predicted molar refractivity (Wildman–Crippen MR) is 92.7 cm³/mol. The van der Waals surface area contributed by atoms with Gasteiger partial charge >= 0.3 is 5.97 Å². The first kappa shape index (κ1) is 26.3. The van der Waals surface area contributed by atoms with Gasteiger partial charge in [-0.05, 0) is 41.5 Å². The van der Waals surface area contributed by atoms with Crippen molar-refractivity contribution in [2.45, 2.75) is 74.4 Å². The summed E-state index contributed by atoms with van der Waals surface area (Å²) in [6.07, 6.45) is 0. The first-order chi connectivity index (χ1) is 9.92. The monoisotopic (exact) mass is 333 g/mol. The number of hydrogen-bond donors (Lipinski definition) is 4. The van der Waals surface area contributed by atoms with Crippen molar-refractivity contribution in [2.75, 3.05) is 0 Å². The molecule has 0 spiro atoms. The molecule has 0 aromatic rings. The maximum atomic E-state index is 11.2. The summed E-state index contributed by atoms with van der Waals surface area (Å²) in [4.78, 5) is 31.0. The van der Waals surface area contributed by atoms with Crippen molar-refractivity contribution in [3.8, 4) is 0 Å². The van der Waals surface area contributed by atoms with Gasteiger partial charge in [-0.25, -0.2) is 0 Å². The Bertz CT molecular complexity index is 378. The molecule has 0 aromatic carbocycles. The molecule has 0 saturated heterocycles. The van der Waals surface area contributed by atoms with Crippen LogP contribution in [0.15, 0.2) is 0 Å². The van der Waals surface area contributed by atoms with Crippen LogP contribution in [0.4, 0.5) is 0 Å². The molecule has 23 heavy (non-hydrogen) atoms. The second-order valence-corrected chi connectivity index (χ2v) is 7.62. The highest BCUT2D eigenvalue weighted by Crippen LogP contribution is 2.12. The van der Waals surface area contributed by atoms with Crippen molar-refractivity contribution in [1.29, 1.82) is 0 Å². The van der Waals surface area contributed by atoms with Gasteiger partial charge in [0.2, 0.25) is 11.8 Å². The van der Waals surface area contributed by atoms with Crippen LogP contribution >= 0.6 is 0 Å². The van der Waals surface area contributed by atoms with Gasteiger partial charge in [-0.1, -0.05) is 20.8 Å². The SMILES string of the molecule is CC(C)(C)C(=O)O.CC(C)NC(=O)C(C)(C)C.CC(N)C(N)=O. The molecule has 6 N–H and O–H groups in total. The highest BCUT2D eigenvalue weighted by Gasteiger charge is 2.21. The number of carbonyl (C=O) groups is 3. The summed E-state index contributed by atoms with van der Waals surface area (Å²) in [6, 6.07) is -0.267. The summed E-state index contributed by atoms with van der Waals surface area (Å²) in [5.41, 5.74) is 8.79. The topological polar surface area (TPSA) is 136 Å². The van der Waals surface area contributed by atoms with Gasteiger partial charge in [0, 0.05) is 11.5 Å². The van der Waals surface area contributed by atoms with Crippen molar-refractivity contribution in [3.63, 3.8) is 0 Å². The fourth-order valence-corrected chi connectivity index (χ4v) is 0.479. The van der Waals surface area contributed by atoms with E-state index < -0.39 is 23.3 Å². The van der Waals surface area contributed by atoms with Crippen molar-refractivity contribution >= 4 is 17.8 Å². The van der Waals surface area contributed by atoms with E-state index in [1.807, 2.05) is 34.6 Å². The number of aliphatic carboxylic acids is 1. The number of nitrogens with two attached hydrogens (primary N) is 2. The molecule has 7 heteroatoms. The summed E-state index contributed by atoms with van der Waals surface area (Å²) >= 11 is 0. The molecule has 0 rings (SSSR count). The van der Waals surface area contributed by atoms with Crippen molar-refractivity contribution < 1.29 is 19.5 Å². The van der Waals surface area contributed by atoms with Crippen LogP contribution in [0, 0.1) is 10.8 Å². The maximum absolute atomic E-state index is 11.2. The van der Waals surface area contributed by atoms with Crippen LogP contribution in [-0.2, 0) is 14.4 Å². The Morgan fingerprint density at radius 3 is 1.22 bits per heavy atom. The summed E-state index contributed by atoms with van der Waals surface area (Å²) < 4.78 is 0. The van der Waals surface area contributed by atoms with E-state index >= 15 is 0 Å². The Kier molecular flexibility index (Phi) is 12.6. The van der Waals surface area contributed by atoms with Gasteiger partial charge in [0.15, 0.2) is 0 Å². The fraction of sp³-hybridized carbons (Fsp3) is 0.812. The number of carboxylic acids is 1. The molecule has 0 heterocycles. The lowest BCUT2D eigenvalue weighted by Crippen LogP contribution is -2.38. The summed E-state index contributed by atoms with van der Waals surface area (Å²) in [5.74, 6) is -1.11. The Morgan fingerprint density at radius 1 is 0.913 bits per heavy atom. The van der Waals surface area contributed by atoms with E-state index in [9.17, 15) is 14.4 Å². The fourth-order valence-electron chi connectivity index (χ4n) is 0.479. The minimum Gasteiger partial charge on any atom is -0.481 e. The van der Waals surface area contributed by atoms with Gasteiger partial charge in [-0.15, -0.1) is 0 Å². The van der Waals surface area contributed by atoms with Crippen LogP contribution in [0.5, 0.6) is 0 Å². The number of hydrogen-bond acceptors (Lipinski definition) is 4. The number of amides is 2. The molecule has 1 unspecified atom stereocenters. The zero-order chi connectivity index (χ0) is 19.6. The largest absolute Gasteiger partial charge is 0.481 e. The zero-order valence-corrected chi connectivity index (χ0v) is 16.0. The molecule has 0 aromatic heterocycles. The third-order valence-electron chi connectivity index (χ3n) is 2.19. The molecule has 0 bridgehead atoms. The standard InChI is InChI=1S/C8H17NO.C5H10O2.C3H8N2O/c1-6(2)9-7(10)8(3,4)5;1-5(2,3)4(6)7;1-2(4)3(5)6/h6H,1-5H3,(H,9,10);1-3H3,(H,6,7);2H,4H2,1H3,(H2,5,6). The molecule has 0 aliphatic carbocycles. The molecule has 1 atom stereocenters. The maximum Gasteiger partial charge on any atom is 0.308 e. The van der Waals surface area contributed by atoms with Gasteiger partial charge < -0.3 is 21.9 Å². The molecule has 7 nitrogen and oxygen atoms in total. The second kappa shape index (κ2) is 11.0. The quantitative estimate of drug-likeness (QED) is 0.607. The Labute approximate surface area is 140 Å². The van der Waals surface area contributed by atoms with E-state index in [1.165, 1.54) is 0 Å². The van der Waals surface area contributed by atoms with Crippen LogP contribution in [0.1, 0.15) is 62.3 Å². The third-order valence-corrected chi connectivity index (χ3v) is 2.19. The zero-order valence-electron chi connectivity index (χ0n) is 16.0. The molecule has 0 saturated carbocycles. The number of nitrogens with one attached hydrogen (secondary N) is 1. The van der Waals surface area contributed by atoms with E-state index in [-0.39, 0.29) is 17.4 Å². The lowest BCUT2D eigenvalue weighted by Gasteiger charge is -2.19. The first-order valence-corrected chi connectivity index (χ1v) is 7.52. The highest BCUT2D eigenvalue weighted by atomic mass is 16.4. The summed E-state index contributed by atoms with van der Waals surface area (Å²) in [5, 5.41) is 11.1. The Morgan fingerprint density at radius 2 is 1.17 bits per heavy atom. The molecular formula is C16H35N3O4. The highest BCUT2D eigenvalue weighted by molar-refractivity contribution is 5.81. The molecular weight excluding hydrogens is 298 g/mol. The second-order valence-electron chi connectivity index (χ2n) is 7.62. The van der Waals surface area contributed by atoms with Crippen LogP contribution in [0.2, 0.25) is 0 Å². The summed E-state index contributed by atoms with van der Waals surface area (Å²) in [6.45, 7) is 16.2. The molecule has 138 valence electrons. The van der Waals surface area contributed by atoms with Gasteiger partial charge in [0.1, 0.15) is 0 Å². The first-order valence-electron chi connectivity index (χ1n) is 7.52. The van der Waals surface area contributed by atoms with E-state index in [4.69, 9.17) is 10.8 Å². The number of primary amides is 1. The van der Waals surface area contributed by atoms with Gasteiger partial charge in [-0.2, -0.15) is 0 Å². The van der Waals surface area contributed by atoms with Crippen molar-refractivity contribution in [1.82, 2.24) is 5.32 Å². The lowest BCUT2D eigenvalue weighted by molar-refractivity contribution is -0.145. The van der Waals surface area contributed by atoms with E-state index in [0.29, 0.717) is 0 Å². The normalized spacial score (nSPS) is 12.1. The van der Waals surface area contributed by atoms with Gasteiger partial charge in [0.05, 0.1) is 11.5 Å². The average molecular weight is 333 g/mol. The minimum atomic E-state index is -0.757. The summed E-state index contributed by atoms with van der Waals surface area (Å²) in [7, 11) is 0. The predicted octanol–water partition coefficient (Wildman–Crippen LogP) is 1.49. The van der Waals surface area contributed by atoms with Crippen LogP contribution in [0.3, 0.4) is 0 Å². The minimum absolute atomic E-state index is 0.113. The van der Waals surface area contributed by atoms with Crippen LogP contribution in [0.25, 0.3) is 0 Å². The van der Waals surface area contributed by atoms with Crippen molar-refractivity contribution in [3.05, 3.63) is 0 Å². The number of rotatable bonds is 2. The number of carboxylic acid groups (broad SMARTS) is 1. The molecule has 2 amide bonds. The molecule has 0 radical (unpaired) electrons. The Hall–Kier alpha value is -1.63. The lowest BCUT2D eigenvalue weighted by atomic mass is 9.95. The Balaban J connectivity index is -0.000000272. The molecule has 0 fully saturated rings. The molecule has 0 aliphatic rings.